The highest BCUT2D eigenvalue weighted by molar-refractivity contribution is 7.09. The molecule has 1 fully saturated rings. The highest BCUT2D eigenvalue weighted by atomic mass is 32.1. The molecule has 1 aliphatic rings. The Hall–Kier alpha value is -1.79. The first-order valence-electron chi connectivity index (χ1n) is 8.46. The van der Waals surface area contributed by atoms with Crippen LogP contribution in [-0.2, 0) is 24.2 Å². The molecule has 0 aliphatic carbocycles. The van der Waals surface area contributed by atoms with E-state index < -0.39 is 5.97 Å². The first-order chi connectivity index (χ1) is 11.6. The molecule has 2 aromatic rings. The van der Waals surface area contributed by atoms with Crippen LogP contribution in [0.3, 0.4) is 0 Å². The Balaban J connectivity index is 1.51. The van der Waals surface area contributed by atoms with E-state index >= 15 is 0 Å². The molecule has 0 bridgehead atoms. The van der Waals surface area contributed by atoms with E-state index in [1.165, 1.54) is 5.56 Å². The summed E-state index contributed by atoms with van der Waals surface area (Å²) in [5.41, 5.74) is 3.09. The third kappa shape index (κ3) is 4.39. The Kier molecular flexibility index (Phi) is 5.58. The summed E-state index contributed by atoms with van der Waals surface area (Å²) >= 11 is 1.60. The van der Waals surface area contributed by atoms with Crippen molar-refractivity contribution in [3.63, 3.8) is 0 Å². The van der Waals surface area contributed by atoms with Crippen LogP contribution in [0.1, 0.15) is 47.6 Å². The van der Waals surface area contributed by atoms with Gasteiger partial charge in [0.15, 0.2) is 0 Å². The van der Waals surface area contributed by atoms with Gasteiger partial charge in [-0.25, -0.2) is 4.98 Å². The largest absolute Gasteiger partial charge is 0.481 e. The summed E-state index contributed by atoms with van der Waals surface area (Å²) in [7, 11) is 0. The van der Waals surface area contributed by atoms with Crippen LogP contribution in [0.4, 0.5) is 0 Å². The van der Waals surface area contributed by atoms with Crippen molar-refractivity contribution in [1.29, 1.82) is 0 Å². The summed E-state index contributed by atoms with van der Waals surface area (Å²) < 4.78 is 0. The van der Waals surface area contributed by atoms with Gasteiger partial charge in [-0.3, -0.25) is 14.7 Å². The fourth-order valence-electron chi connectivity index (χ4n) is 3.07. The number of aromatic nitrogens is 2. The maximum absolute atomic E-state index is 10.8. The molecular weight excluding hydrogens is 322 g/mol. The Bertz CT molecular complexity index is 676. The molecule has 0 amide bonds. The van der Waals surface area contributed by atoms with Crippen LogP contribution < -0.4 is 0 Å². The Morgan fingerprint density at radius 2 is 2.12 bits per heavy atom. The summed E-state index contributed by atoms with van der Waals surface area (Å²) in [6.07, 6.45) is 5.17. The minimum atomic E-state index is -0.816. The Morgan fingerprint density at radius 3 is 2.75 bits per heavy atom. The molecule has 0 unspecified atom stereocenters. The molecule has 128 valence electrons. The van der Waals surface area contributed by atoms with Gasteiger partial charge in [0, 0.05) is 24.0 Å². The van der Waals surface area contributed by atoms with Crippen molar-refractivity contribution in [1.82, 2.24) is 14.9 Å². The zero-order valence-corrected chi connectivity index (χ0v) is 14.8. The van der Waals surface area contributed by atoms with Gasteiger partial charge in [-0.15, -0.1) is 11.3 Å². The first kappa shape index (κ1) is 17.0. The lowest BCUT2D eigenvalue weighted by Gasteiger charge is -2.30. The molecule has 0 spiro atoms. The van der Waals surface area contributed by atoms with Crippen LogP contribution in [0.25, 0.3) is 0 Å². The number of thiazole rings is 1. The molecule has 3 rings (SSSR count). The fourth-order valence-corrected chi connectivity index (χ4v) is 4.06. The monoisotopic (exact) mass is 345 g/mol. The molecule has 0 saturated carbocycles. The van der Waals surface area contributed by atoms with E-state index in [0.717, 1.165) is 49.6 Å². The van der Waals surface area contributed by atoms with Crippen molar-refractivity contribution in [3.8, 4) is 0 Å². The van der Waals surface area contributed by atoms with Crippen LogP contribution in [0.15, 0.2) is 23.7 Å². The second-order valence-electron chi connectivity index (χ2n) is 6.31. The molecule has 3 heterocycles. The number of likely N-dealkylation sites (tertiary alicyclic amines) is 1. The van der Waals surface area contributed by atoms with Gasteiger partial charge in [-0.2, -0.15) is 0 Å². The van der Waals surface area contributed by atoms with Gasteiger partial charge in [-0.05, 0) is 44.0 Å². The number of carbonyl (C=O) groups is 1. The standard InChI is InChI=1S/C18H23N3O2S/c1-2-13-3-4-15(19-10-13)11-21-7-5-14(6-8-21)18-20-16(12-24-18)9-17(22)23/h3-4,10,12,14H,2,5-9,11H2,1H3,(H,22,23). The zero-order valence-electron chi connectivity index (χ0n) is 13.9. The van der Waals surface area contributed by atoms with Crippen LogP contribution in [0, 0.1) is 0 Å². The number of aliphatic carboxylic acids is 1. The van der Waals surface area contributed by atoms with Crippen LogP contribution >= 0.6 is 11.3 Å². The number of hydrogen-bond donors (Lipinski definition) is 1. The quantitative estimate of drug-likeness (QED) is 0.871. The highest BCUT2D eigenvalue weighted by Crippen LogP contribution is 2.30. The number of hydrogen-bond acceptors (Lipinski definition) is 5. The summed E-state index contributed by atoms with van der Waals surface area (Å²) in [4.78, 5) is 22.3. The summed E-state index contributed by atoms with van der Waals surface area (Å²) in [6, 6.07) is 4.29. The van der Waals surface area contributed by atoms with E-state index in [-0.39, 0.29) is 6.42 Å². The molecule has 6 heteroatoms. The number of aryl methyl sites for hydroxylation is 1. The van der Waals surface area contributed by atoms with E-state index in [0.29, 0.717) is 11.6 Å². The number of pyridine rings is 1. The normalized spacial score (nSPS) is 16.4. The van der Waals surface area contributed by atoms with Gasteiger partial charge in [0.25, 0.3) is 0 Å². The van der Waals surface area contributed by atoms with Crippen LogP contribution in [0.2, 0.25) is 0 Å². The SMILES string of the molecule is CCc1ccc(CN2CCC(c3nc(CC(=O)O)cs3)CC2)nc1. The smallest absolute Gasteiger partial charge is 0.309 e. The molecule has 2 aromatic heterocycles. The molecule has 1 aliphatic heterocycles. The van der Waals surface area contributed by atoms with E-state index in [1.807, 2.05) is 11.6 Å². The van der Waals surface area contributed by atoms with E-state index in [4.69, 9.17) is 5.11 Å². The number of nitrogens with zero attached hydrogens (tertiary/aromatic N) is 3. The van der Waals surface area contributed by atoms with Gasteiger partial charge in [0.2, 0.25) is 0 Å². The topological polar surface area (TPSA) is 66.3 Å². The molecule has 5 nitrogen and oxygen atoms in total. The Labute approximate surface area is 146 Å². The second kappa shape index (κ2) is 7.85. The van der Waals surface area contributed by atoms with Crippen molar-refractivity contribution in [2.24, 2.45) is 0 Å². The average Bonchev–Trinajstić information content (AvgIpc) is 3.04. The van der Waals surface area contributed by atoms with Gasteiger partial charge in [0.05, 0.1) is 22.8 Å². The predicted octanol–water partition coefficient (Wildman–Crippen LogP) is 3.11. The fraction of sp³-hybridized carbons (Fsp3) is 0.500. The molecule has 1 saturated heterocycles. The predicted molar refractivity (Wildman–Crippen MR) is 94.3 cm³/mol. The maximum atomic E-state index is 10.8. The van der Waals surface area contributed by atoms with Gasteiger partial charge < -0.3 is 5.11 Å². The number of carboxylic acids is 1. The zero-order chi connectivity index (χ0) is 16.9. The summed E-state index contributed by atoms with van der Waals surface area (Å²) in [5.74, 6) is -0.354. The lowest BCUT2D eigenvalue weighted by molar-refractivity contribution is -0.136. The Morgan fingerprint density at radius 1 is 1.33 bits per heavy atom. The third-order valence-corrected chi connectivity index (χ3v) is 5.57. The van der Waals surface area contributed by atoms with E-state index in [2.05, 4.69) is 33.9 Å². The minimum absolute atomic E-state index is 0.0226. The molecule has 1 N–H and O–H groups in total. The van der Waals surface area contributed by atoms with Crippen molar-refractivity contribution in [2.75, 3.05) is 13.1 Å². The lowest BCUT2D eigenvalue weighted by atomic mass is 9.97. The van der Waals surface area contributed by atoms with Crippen LogP contribution in [-0.4, -0.2) is 39.0 Å². The molecule has 0 aromatic carbocycles. The maximum Gasteiger partial charge on any atom is 0.309 e. The molecular formula is C18H23N3O2S. The number of rotatable bonds is 6. The first-order valence-corrected chi connectivity index (χ1v) is 9.34. The van der Waals surface area contributed by atoms with Crippen molar-refractivity contribution < 1.29 is 9.90 Å². The van der Waals surface area contributed by atoms with E-state index in [9.17, 15) is 4.79 Å². The molecule has 0 radical (unpaired) electrons. The lowest BCUT2D eigenvalue weighted by Crippen LogP contribution is -2.32. The summed E-state index contributed by atoms with van der Waals surface area (Å²) in [5, 5.41) is 11.8. The van der Waals surface area contributed by atoms with Crippen molar-refractivity contribution in [3.05, 3.63) is 45.7 Å². The van der Waals surface area contributed by atoms with Crippen LogP contribution in [0.5, 0.6) is 0 Å². The molecule has 0 atom stereocenters. The van der Waals surface area contributed by atoms with Crippen molar-refractivity contribution >= 4 is 17.3 Å². The van der Waals surface area contributed by atoms with Gasteiger partial charge in [-0.1, -0.05) is 13.0 Å². The van der Waals surface area contributed by atoms with Crippen molar-refractivity contribution in [2.45, 2.75) is 45.1 Å². The minimum Gasteiger partial charge on any atom is -0.481 e. The highest BCUT2D eigenvalue weighted by Gasteiger charge is 2.23. The van der Waals surface area contributed by atoms with Gasteiger partial charge in [0.1, 0.15) is 0 Å². The summed E-state index contributed by atoms with van der Waals surface area (Å²) in [6.45, 7) is 5.12. The molecule has 24 heavy (non-hydrogen) atoms. The third-order valence-electron chi connectivity index (χ3n) is 4.52. The van der Waals surface area contributed by atoms with E-state index in [1.54, 1.807) is 11.3 Å². The van der Waals surface area contributed by atoms with Gasteiger partial charge >= 0.3 is 5.97 Å². The number of carboxylic acid groups (broad SMARTS) is 1. The number of piperidine rings is 1. The second-order valence-corrected chi connectivity index (χ2v) is 7.20. The average molecular weight is 345 g/mol.